The minimum atomic E-state index is -0.410. The number of urea groups is 1. The Morgan fingerprint density at radius 1 is 0.935 bits per heavy atom. The van der Waals surface area contributed by atoms with Gasteiger partial charge in [0.05, 0.1) is 22.6 Å². The van der Waals surface area contributed by atoms with Gasteiger partial charge in [-0.25, -0.2) is 9.80 Å². The van der Waals surface area contributed by atoms with E-state index in [0.717, 1.165) is 23.4 Å². The summed E-state index contributed by atoms with van der Waals surface area (Å²) in [5, 5.41) is 11.3. The average molecular weight is 616 g/mol. The van der Waals surface area contributed by atoms with Gasteiger partial charge >= 0.3 is 6.03 Å². The first-order chi connectivity index (χ1) is 22.2. The van der Waals surface area contributed by atoms with E-state index in [1.54, 1.807) is 41.4 Å². The molecule has 0 radical (unpaired) electrons. The van der Waals surface area contributed by atoms with E-state index >= 15 is 0 Å². The number of carbonyl (C=O) groups excluding carboxylic acids is 2. The Balaban J connectivity index is 1.23. The van der Waals surface area contributed by atoms with Crippen LogP contribution in [0.5, 0.6) is 17.2 Å². The lowest BCUT2D eigenvalue weighted by atomic mass is 9.93. The molecule has 4 aromatic rings. The molecule has 1 aromatic heterocycles. The number of hydrogen-bond acceptors (Lipinski definition) is 7. The average Bonchev–Trinajstić information content (AvgIpc) is 3.52. The lowest BCUT2D eigenvalue weighted by Gasteiger charge is -2.36. The number of rotatable bonds is 4. The standard InChI is InChI=1S/C36H33N5O5/c1-22-15-28(16-23(2)37-22)41(27-10-12-29(42)13-11-27)36(44)40-14-6-9-32(38-40)30-18-33-34(46-21-45-33)19-31(30)35(43)39-20-26-8-5-4-7-25(26)17-24(39)3/h4-16,18-19,24,38,42H,17,20-21H2,1-3H3/t24-/m1/s1. The number of aromatic nitrogens is 1. The minimum absolute atomic E-state index is 0.0157. The third-order valence-electron chi connectivity index (χ3n) is 8.37. The van der Waals surface area contributed by atoms with Gasteiger partial charge in [-0.1, -0.05) is 24.3 Å². The number of benzene rings is 3. The Morgan fingerprint density at radius 2 is 1.63 bits per heavy atom. The van der Waals surface area contributed by atoms with Crippen molar-refractivity contribution >= 4 is 29.0 Å². The van der Waals surface area contributed by atoms with Crippen LogP contribution in [0.1, 0.15) is 45.4 Å². The number of aromatic hydroxyl groups is 1. The molecule has 10 nitrogen and oxygen atoms in total. The van der Waals surface area contributed by atoms with Gasteiger partial charge in [0.1, 0.15) is 5.75 Å². The van der Waals surface area contributed by atoms with Crippen molar-refractivity contribution in [1.29, 1.82) is 0 Å². The smallest absolute Gasteiger partial charge is 0.351 e. The van der Waals surface area contributed by atoms with E-state index in [2.05, 4.69) is 29.5 Å². The predicted molar refractivity (Wildman–Crippen MR) is 173 cm³/mol. The molecule has 4 heterocycles. The first-order valence-electron chi connectivity index (χ1n) is 15.1. The third kappa shape index (κ3) is 5.38. The van der Waals surface area contributed by atoms with E-state index in [1.807, 2.05) is 49.1 Å². The van der Waals surface area contributed by atoms with Crippen molar-refractivity contribution in [2.24, 2.45) is 0 Å². The van der Waals surface area contributed by atoms with Gasteiger partial charge in [0.2, 0.25) is 6.79 Å². The van der Waals surface area contributed by atoms with E-state index in [0.29, 0.717) is 46.2 Å². The molecular weight excluding hydrogens is 582 g/mol. The summed E-state index contributed by atoms with van der Waals surface area (Å²) >= 11 is 0. The van der Waals surface area contributed by atoms with Crippen LogP contribution in [0.2, 0.25) is 0 Å². The molecule has 0 saturated carbocycles. The maximum atomic E-state index is 14.3. The van der Waals surface area contributed by atoms with Crippen molar-refractivity contribution < 1.29 is 24.2 Å². The molecule has 2 N–H and O–H groups in total. The molecule has 10 heteroatoms. The molecule has 0 unspecified atom stereocenters. The highest BCUT2D eigenvalue weighted by Gasteiger charge is 2.33. The van der Waals surface area contributed by atoms with Crippen LogP contribution in [0.4, 0.5) is 16.2 Å². The molecule has 0 spiro atoms. The zero-order chi connectivity index (χ0) is 31.9. The Hall–Kier alpha value is -5.77. The van der Waals surface area contributed by atoms with E-state index in [9.17, 15) is 14.7 Å². The molecule has 0 bridgehead atoms. The molecule has 46 heavy (non-hydrogen) atoms. The number of pyridine rings is 1. The van der Waals surface area contributed by atoms with Crippen LogP contribution in [0, 0.1) is 13.8 Å². The normalized spacial score (nSPS) is 16.4. The number of phenols is 1. The highest BCUT2D eigenvalue weighted by Crippen LogP contribution is 2.39. The number of ether oxygens (including phenoxy) is 2. The highest BCUT2D eigenvalue weighted by molar-refractivity contribution is 6.02. The largest absolute Gasteiger partial charge is 0.508 e. The second-order valence-electron chi connectivity index (χ2n) is 11.7. The predicted octanol–water partition coefficient (Wildman–Crippen LogP) is 6.35. The van der Waals surface area contributed by atoms with Crippen molar-refractivity contribution in [3.05, 3.63) is 125 Å². The second kappa shape index (κ2) is 11.6. The van der Waals surface area contributed by atoms with Crippen molar-refractivity contribution in [1.82, 2.24) is 20.3 Å². The van der Waals surface area contributed by atoms with Crippen LogP contribution in [0.25, 0.3) is 5.70 Å². The molecule has 0 saturated heterocycles. The molecule has 1 atom stereocenters. The first-order valence-corrected chi connectivity index (χ1v) is 15.1. The van der Waals surface area contributed by atoms with Crippen LogP contribution in [0.3, 0.4) is 0 Å². The first kappa shape index (κ1) is 29.0. The van der Waals surface area contributed by atoms with Gasteiger partial charge in [-0.05, 0) is 99.0 Å². The molecule has 3 amide bonds. The fraction of sp³-hybridized carbons (Fsp3) is 0.194. The quantitative estimate of drug-likeness (QED) is 0.275. The number of amides is 3. The fourth-order valence-electron chi connectivity index (χ4n) is 6.16. The van der Waals surface area contributed by atoms with Crippen molar-refractivity contribution in [3.8, 4) is 17.2 Å². The molecule has 3 aromatic carbocycles. The fourth-order valence-corrected chi connectivity index (χ4v) is 6.16. The van der Waals surface area contributed by atoms with E-state index in [4.69, 9.17) is 9.47 Å². The van der Waals surface area contributed by atoms with Crippen molar-refractivity contribution in [3.63, 3.8) is 0 Å². The zero-order valence-corrected chi connectivity index (χ0v) is 25.7. The van der Waals surface area contributed by atoms with Crippen LogP contribution < -0.4 is 19.8 Å². The summed E-state index contributed by atoms with van der Waals surface area (Å²) in [5.74, 6) is 0.969. The second-order valence-corrected chi connectivity index (χ2v) is 11.7. The van der Waals surface area contributed by atoms with E-state index < -0.39 is 6.03 Å². The Labute approximate surface area is 266 Å². The Morgan fingerprint density at radius 3 is 2.37 bits per heavy atom. The molecule has 3 aliphatic heterocycles. The lowest BCUT2D eigenvalue weighted by molar-refractivity contribution is 0.0657. The van der Waals surface area contributed by atoms with Crippen LogP contribution >= 0.6 is 0 Å². The van der Waals surface area contributed by atoms with Crippen LogP contribution in [-0.2, 0) is 13.0 Å². The van der Waals surface area contributed by atoms with Gasteiger partial charge in [0, 0.05) is 35.7 Å². The number of nitrogens with zero attached hydrogens (tertiary/aromatic N) is 4. The molecular formula is C36H33N5O5. The number of phenolic OH excluding ortho intramolecular Hbond substituents is 1. The van der Waals surface area contributed by atoms with Gasteiger partial charge < -0.3 is 19.5 Å². The summed E-state index contributed by atoms with van der Waals surface area (Å²) in [5.41, 5.74) is 9.84. The van der Waals surface area contributed by atoms with Crippen LogP contribution in [-0.4, -0.2) is 44.8 Å². The summed E-state index contributed by atoms with van der Waals surface area (Å²) in [6, 6.07) is 21.4. The van der Waals surface area contributed by atoms with Gasteiger partial charge in [-0.15, -0.1) is 0 Å². The highest BCUT2D eigenvalue weighted by atomic mass is 16.7. The van der Waals surface area contributed by atoms with Crippen molar-refractivity contribution in [2.45, 2.75) is 39.8 Å². The summed E-state index contributed by atoms with van der Waals surface area (Å²) in [7, 11) is 0. The maximum absolute atomic E-state index is 14.3. The van der Waals surface area contributed by atoms with E-state index in [1.165, 1.54) is 22.7 Å². The maximum Gasteiger partial charge on any atom is 0.351 e. The van der Waals surface area contributed by atoms with Gasteiger partial charge in [-0.3, -0.25) is 20.1 Å². The summed E-state index contributed by atoms with van der Waals surface area (Å²) in [4.78, 5) is 36.5. The number of anilines is 2. The number of fused-ring (bicyclic) bond motifs is 2. The monoisotopic (exact) mass is 615 g/mol. The number of allylic oxidation sites excluding steroid dienone is 2. The molecule has 232 valence electrons. The van der Waals surface area contributed by atoms with Crippen molar-refractivity contribution in [2.75, 3.05) is 11.7 Å². The zero-order valence-electron chi connectivity index (χ0n) is 25.7. The minimum Gasteiger partial charge on any atom is -0.508 e. The van der Waals surface area contributed by atoms with Gasteiger partial charge in [-0.2, -0.15) is 0 Å². The number of nitrogens with one attached hydrogen (secondary N) is 1. The summed E-state index contributed by atoms with van der Waals surface area (Å²) < 4.78 is 11.4. The van der Waals surface area contributed by atoms with E-state index in [-0.39, 0.29) is 24.5 Å². The molecule has 0 aliphatic carbocycles. The summed E-state index contributed by atoms with van der Waals surface area (Å²) in [6.45, 7) is 6.35. The summed E-state index contributed by atoms with van der Waals surface area (Å²) in [6.07, 6.45) is 5.95. The lowest BCUT2D eigenvalue weighted by Crippen LogP contribution is -2.46. The molecule has 7 rings (SSSR count). The number of aryl methyl sites for hydroxylation is 2. The number of carbonyl (C=O) groups is 2. The molecule has 3 aliphatic rings. The SMILES string of the molecule is Cc1cc(N(C(=O)N2C=CC=C(c3cc4c(cc3C(=O)N3Cc5ccccc5C[C@H]3C)OCO4)N2)c2ccc(O)cc2)cc(C)n1. The Bertz CT molecular complexity index is 1900. The number of hydrazine groups is 1. The van der Waals surface area contributed by atoms with Gasteiger partial charge in [0.25, 0.3) is 5.91 Å². The topological polar surface area (TPSA) is 107 Å². The Kier molecular flexibility index (Phi) is 7.32. The number of hydrogen-bond donors (Lipinski definition) is 2. The molecule has 0 fully saturated rings. The third-order valence-corrected chi connectivity index (χ3v) is 8.37. The van der Waals surface area contributed by atoms with Crippen LogP contribution in [0.15, 0.2) is 91.1 Å². The van der Waals surface area contributed by atoms with Gasteiger partial charge in [0.15, 0.2) is 11.5 Å².